The average molecular weight is 336 g/mol. The molecular formula is C19H16N2O4. The number of rotatable bonds is 3. The molecule has 4 N–H and O–H groups in total. The summed E-state index contributed by atoms with van der Waals surface area (Å²) in [6.45, 7) is 1.60. The van der Waals surface area contributed by atoms with Gasteiger partial charge in [-0.1, -0.05) is 24.3 Å². The number of hydrogen-bond donors (Lipinski definition) is 4. The number of phenolic OH excluding ortho intramolecular Hbond substituents is 3. The van der Waals surface area contributed by atoms with Crippen LogP contribution in [0.4, 0.5) is 0 Å². The average Bonchev–Trinajstić information content (AvgIpc) is 2.58. The highest BCUT2D eigenvalue weighted by Gasteiger charge is 2.13. The molecule has 0 aliphatic rings. The molecule has 1 amide bonds. The molecule has 0 aliphatic carbocycles. The highest BCUT2D eigenvalue weighted by atomic mass is 16.3. The maximum atomic E-state index is 12.3. The first-order chi connectivity index (χ1) is 12.0. The third-order valence-corrected chi connectivity index (χ3v) is 3.80. The summed E-state index contributed by atoms with van der Waals surface area (Å²) in [4.78, 5) is 12.3. The van der Waals surface area contributed by atoms with Gasteiger partial charge in [0.15, 0.2) is 0 Å². The lowest BCUT2D eigenvalue weighted by Gasteiger charge is -2.08. The van der Waals surface area contributed by atoms with Crippen molar-refractivity contribution < 1.29 is 20.1 Å². The Morgan fingerprint density at radius 3 is 2.20 bits per heavy atom. The number of nitrogens with one attached hydrogen (secondary N) is 1. The van der Waals surface area contributed by atoms with E-state index in [9.17, 15) is 20.1 Å². The van der Waals surface area contributed by atoms with Gasteiger partial charge in [-0.05, 0) is 42.0 Å². The van der Waals surface area contributed by atoms with E-state index < -0.39 is 5.91 Å². The number of amides is 1. The Bertz CT molecular complexity index is 996. The van der Waals surface area contributed by atoms with Crippen molar-refractivity contribution in [2.24, 2.45) is 5.10 Å². The Balaban J connectivity index is 1.85. The Morgan fingerprint density at radius 1 is 0.880 bits per heavy atom. The van der Waals surface area contributed by atoms with Gasteiger partial charge < -0.3 is 15.3 Å². The number of nitrogens with zero attached hydrogens (tertiary/aromatic N) is 1. The van der Waals surface area contributed by atoms with Crippen LogP contribution in [0.2, 0.25) is 0 Å². The molecule has 25 heavy (non-hydrogen) atoms. The van der Waals surface area contributed by atoms with Gasteiger partial charge in [-0.2, -0.15) is 5.10 Å². The van der Waals surface area contributed by atoms with E-state index in [1.54, 1.807) is 13.0 Å². The van der Waals surface area contributed by atoms with Crippen LogP contribution < -0.4 is 5.43 Å². The van der Waals surface area contributed by atoms with Crippen LogP contribution in [0.5, 0.6) is 17.2 Å². The normalized spacial score (nSPS) is 11.5. The summed E-state index contributed by atoms with van der Waals surface area (Å²) in [6.07, 6.45) is 0. The molecule has 3 aromatic carbocycles. The van der Waals surface area contributed by atoms with Crippen LogP contribution in [-0.4, -0.2) is 26.9 Å². The van der Waals surface area contributed by atoms with Crippen molar-refractivity contribution in [1.29, 1.82) is 0 Å². The van der Waals surface area contributed by atoms with E-state index in [0.717, 1.165) is 10.8 Å². The van der Waals surface area contributed by atoms with E-state index in [4.69, 9.17) is 0 Å². The van der Waals surface area contributed by atoms with E-state index in [0.29, 0.717) is 11.3 Å². The molecule has 0 spiro atoms. The molecule has 0 saturated heterocycles. The summed E-state index contributed by atoms with van der Waals surface area (Å²) < 4.78 is 0. The molecule has 0 fully saturated rings. The lowest BCUT2D eigenvalue weighted by atomic mass is 10.1. The van der Waals surface area contributed by atoms with Gasteiger partial charge in [0, 0.05) is 11.6 Å². The Morgan fingerprint density at radius 2 is 1.52 bits per heavy atom. The molecule has 0 radical (unpaired) electrons. The van der Waals surface area contributed by atoms with Crippen LogP contribution in [0.3, 0.4) is 0 Å². The van der Waals surface area contributed by atoms with Crippen LogP contribution in [0.1, 0.15) is 22.8 Å². The molecule has 3 rings (SSSR count). The minimum absolute atomic E-state index is 0.0702. The fraction of sp³-hybridized carbons (Fsp3) is 0.0526. The summed E-state index contributed by atoms with van der Waals surface area (Å²) in [5.74, 6) is -0.930. The maximum Gasteiger partial charge on any atom is 0.275 e. The molecule has 0 aliphatic heterocycles. The summed E-state index contributed by atoms with van der Waals surface area (Å²) in [5.41, 5.74) is 3.19. The number of fused-ring (bicyclic) bond motifs is 1. The Labute approximate surface area is 143 Å². The van der Waals surface area contributed by atoms with Crippen molar-refractivity contribution in [3.63, 3.8) is 0 Å². The van der Waals surface area contributed by atoms with E-state index in [2.05, 4.69) is 10.5 Å². The van der Waals surface area contributed by atoms with E-state index >= 15 is 0 Å². The first-order valence-electron chi connectivity index (χ1n) is 7.54. The van der Waals surface area contributed by atoms with Crippen molar-refractivity contribution in [1.82, 2.24) is 5.43 Å². The second-order valence-corrected chi connectivity index (χ2v) is 5.56. The van der Waals surface area contributed by atoms with Crippen LogP contribution in [0.25, 0.3) is 10.8 Å². The van der Waals surface area contributed by atoms with E-state index in [1.165, 1.54) is 24.3 Å². The van der Waals surface area contributed by atoms with Crippen molar-refractivity contribution in [3.05, 3.63) is 65.7 Å². The fourth-order valence-corrected chi connectivity index (χ4v) is 2.49. The van der Waals surface area contributed by atoms with Gasteiger partial charge >= 0.3 is 0 Å². The van der Waals surface area contributed by atoms with Gasteiger partial charge in [0.2, 0.25) is 0 Å². The third-order valence-electron chi connectivity index (χ3n) is 3.80. The lowest BCUT2D eigenvalue weighted by Crippen LogP contribution is -2.19. The number of benzene rings is 3. The van der Waals surface area contributed by atoms with Crippen molar-refractivity contribution in [2.75, 3.05) is 0 Å². The highest BCUT2D eigenvalue weighted by Crippen LogP contribution is 2.25. The van der Waals surface area contributed by atoms with Crippen LogP contribution in [-0.2, 0) is 0 Å². The van der Waals surface area contributed by atoms with E-state index in [1.807, 2.05) is 24.3 Å². The second kappa shape index (κ2) is 6.52. The number of aromatic hydroxyl groups is 3. The van der Waals surface area contributed by atoms with Gasteiger partial charge in [-0.3, -0.25) is 4.79 Å². The van der Waals surface area contributed by atoms with Crippen molar-refractivity contribution in [2.45, 2.75) is 6.92 Å². The third kappa shape index (κ3) is 3.37. The zero-order valence-corrected chi connectivity index (χ0v) is 13.4. The zero-order valence-electron chi connectivity index (χ0n) is 13.4. The SMILES string of the molecule is C/C(=N/NC(=O)c1cc2ccccc2cc1O)c1ccc(O)cc1O. The van der Waals surface area contributed by atoms with Crippen LogP contribution in [0, 0.1) is 0 Å². The lowest BCUT2D eigenvalue weighted by molar-refractivity contribution is 0.0952. The number of carbonyl (C=O) groups is 1. The standard InChI is InChI=1S/C19H16N2O4/c1-11(15-7-6-14(22)10-18(15)24)20-21-19(25)16-8-12-4-2-3-5-13(12)9-17(16)23/h2-10,22-24H,1H3,(H,21,25)/b20-11-. The summed E-state index contributed by atoms with van der Waals surface area (Å²) in [6, 6.07) is 14.6. The predicted molar refractivity (Wildman–Crippen MR) is 95.1 cm³/mol. The number of hydrazone groups is 1. The topological polar surface area (TPSA) is 102 Å². The van der Waals surface area contributed by atoms with Crippen LogP contribution >= 0.6 is 0 Å². The number of phenols is 3. The molecular weight excluding hydrogens is 320 g/mol. The first-order valence-corrected chi connectivity index (χ1v) is 7.54. The molecule has 0 aromatic heterocycles. The van der Waals surface area contributed by atoms with Gasteiger partial charge in [0.05, 0.1) is 11.3 Å². The fourth-order valence-electron chi connectivity index (χ4n) is 2.49. The summed E-state index contributed by atoms with van der Waals surface area (Å²) >= 11 is 0. The number of carbonyl (C=O) groups excluding carboxylic acids is 1. The largest absolute Gasteiger partial charge is 0.508 e. The van der Waals surface area contributed by atoms with Gasteiger partial charge in [0.1, 0.15) is 17.2 Å². The molecule has 6 heteroatoms. The molecule has 0 bridgehead atoms. The molecule has 126 valence electrons. The molecule has 0 unspecified atom stereocenters. The van der Waals surface area contributed by atoms with E-state index in [-0.39, 0.29) is 22.8 Å². The van der Waals surface area contributed by atoms with Gasteiger partial charge in [-0.25, -0.2) is 5.43 Å². The summed E-state index contributed by atoms with van der Waals surface area (Å²) in [7, 11) is 0. The maximum absolute atomic E-state index is 12.3. The highest BCUT2D eigenvalue weighted by molar-refractivity contribution is 6.04. The quantitative estimate of drug-likeness (QED) is 0.436. The predicted octanol–water partition coefficient (Wildman–Crippen LogP) is 3.11. The monoisotopic (exact) mass is 336 g/mol. The van der Waals surface area contributed by atoms with Crippen LogP contribution in [0.15, 0.2) is 59.7 Å². The minimum Gasteiger partial charge on any atom is -0.508 e. The van der Waals surface area contributed by atoms with Crippen molar-refractivity contribution >= 4 is 22.4 Å². The molecule has 0 heterocycles. The second-order valence-electron chi connectivity index (χ2n) is 5.56. The van der Waals surface area contributed by atoms with Gasteiger partial charge in [-0.15, -0.1) is 0 Å². The molecule has 0 saturated carbocycles. The molecule has 0 atom stereocenters. The zero-order chi connectivity index (χ0) is 18.0. The minimum atomic E-state index is -0.569. The van der Waals surface area contributed by atoms with Crippen molar-refractivity contribution in [3.8, 4) is 17.2 Å². The Kier molecular flexibility index (Phi) is 4.26. The molecule has 3 aromatic rings. The smallest absolute Gasteiger partial charge is 0.275 e. The summed E-state index contributed by atoms with van der Waals surface area (Å²) in [5, 5.41) is 34.8. The number of hydrogen-bond acceptors (Lipinski definition) is 5. The first kappa shape index (κ1) is 16.3. The molecule has 6 nitrogen and oxygen atoms in total. The Hall–Kier alpha value is -3.54. The van der Waals surface area contributed by atoms with Gasteiger partial charge in [0.25, 0.3) is 5.91 Å².